The normalized spacial score (nSPS) is 14.7. The molecule has 1 aromatic carbocycles. The van der Waals surface area contributed by atoms with Crippen LogP contribution < -0.4 is 10.1 Å². The number of hydrogen-bond acceptors (Lipinski definition) is 2. The standard InChI is InChI=1S/C9H7ClF3NO/c10-6-3-5-1-2-14-8(5)7(4-6)15-9(11,12)13/h3-4,14H,1-2H2. The molecule has 82 valence electrons. The predicted octanol–water partition coefficient (Wildman–Crippen LogP) is 3.21. The molecule has 1 aliphatic heterocycles. The first-order valence-corrected chi connectivity index (χ1v) is 4.65. The number of rotatable bonds is 1. The van der Waals surface area contributed by atoms with Gasteiger partial charge in [0.05, 0.1) is 5.69 Å². The van der Waals surface area contributed by atoms with Crippen LogP contribution in [0.2, 0.25) is 5.02 Å². The third-order valence-electron chi connectivity index (χ3n) is 2.07. The van der Waals surface area contributed by atoms with Gasteiger partial charge in [-0.3, -0.25) is 0 Å². The summed E-state index contributed by atoms with van der Waals surface area (Å²) in [5.74, 6) is -0.262. The van der Waals surface area contributed by atoms with Crippen molar-refractivity contribution in [2.24, 2.45) is 0 Å². The second-order valence-electron chi connectivity index (χ2n) is 3.16. The summed E-state index contributed by atoms with van der Waals surface area (Å²) >= 11 is 5.68. The zero-order chi connectivity index (χ0) is 11.1. The molecule has 1 N–H and O–H groups in total. The lowest BCUT2D eigenvalue weighted by molar-refractivity contribution is -0.274. The predicted molar refractivity (Wildman–Crippen MR) is 50.3 cm³/mol. The SMILES string of the molecule is FC(F)(F)Oc1cc(Cl)cc2c1NCC2. The lowest BCUT2D eigenvalue weighted by Gasteiger charge is -2.13. The minimum absolute atomic E-state index is 0.247. The molecule has 0 radical (unpaired) electrons. The molecule has 0 atom stereocenters. The molecule has 0 spiro atoms. The maximum atomic E-state index is 12.0. The molecule has 2 nitrogen and oxygen atoms in total. The van der Waals surface area contributed by atoms with E-state index >= 15 is 0 Å². The topological polar surface area (TPSA) is 21.3 Å². The van der Waals surface area contributed by atoms with E-state index in [4.69, 9.17) is 11.6 Å². The van der Waals surface area contributed by atoms with Crippen LogP contribution >= 0.6 is 11.6 Å². The van der Waals surface area contributed by atoms with Crippen molar-refractivity contribution in [1.29, 1.82) is 0 Å². The summed E-state index contributed by atoms with van der Waals surface area (Å²) in [7, 11) is 0. The van der Waals surface area contributed by atoms with Gasteiger partial charge in [0, 0.05) is 17.6 Å². The average Bonchev–Trinajstić information content (AvgIpc) is 2.48. The third kappa shape index (κ3) is 2.28. The van der Waals surface area contributed by atoms with Gasteiger partial charge in [0.2, 0.25) is 0 Å². The smallest absolute Gasteiger partial charge is 0.404 e. The second-order valence-corrected chi connectivity index (χ2v) is 3.60. The summed E-state index contributed by atoms with van der Waals surface area (Å²) in [5, 5.41) is 3.08. The zero-order valence-electron chi connectivity index (χ0n) is 7.49. The Kier molecular flexibility index (Phi) is 2.42. The van der Waals surface area contributed by atoms with Crippen molar-refractivity contribution >= 4 is 17.3 Å². The minimum Gasteiger partial charge on any atom is -0.404 e. The van der Waals surface area contributed by atoms with Gasteiger partial charge in [-0.2, -0.15) is 0 Å². The van der Waals surface area contributed by atoms with Gasteiger partial charge in [0.25, 0.3) is 0 Å². The quantitative estimate of drug-likeness (QED) is 0.810. The molecule has 0 fully saturated rings. The number of fused-ring (bicyclic) bond motifs is 1. The molecule has 6 heteroatoms. The fraction of sp³-hybridized carbons (Fsp3) is 0.333. The van der Waals surface area contributed by atoms with Gasteiger partial charge in [-0.1, -0.05) is 11.6 Å². The Bertz CT molecular complexity index is 392. The van der Waals surface area contributed by atoms with Crippen LogP contribution in [0.5, 0.6) is 5.75 Å². The van der Waals surface area contributed by atoms with Crippen LogP contribution in [0, 0.1) is 0 Å². The van der Waals surface area contributed by atoms with Crippen LogP contribution in [0.3, 0.4) is 0 Å². The van der Waals surface area contributed by atoms with Gasteiger partial charge in [-0.25, -0.2) is 0 Å². The Morgan fingerprint density at radius 1 is 1.33 bits per heavy atom. The Morgan fingerprint density at radius 2 is 2.07 bits per heavy atom. The van der Waals surface area contributed by atoms with Crippen LogP contribution in [-0.4, -0.2) is 12.9 Å². The maximum absolute atomic E-state index is 12.0. The van der Waals surface area contributed by atoms with Crippen LogP contribution in [0.4, 0.5) is 18.9 Å². The molecule has 1 heterocycles. The number of hydrogen-bond donors (Lipinski definition) is 1. The van der Waals surface area contributed by atoms with E-state index in [1.807, 2.05) is 0 Å². The minimum atomic E-state index is -4.69. The van der Waals surface area contributed by atoms with Gasteiger partial charge < -0.3 is 10.1 Å². The van der Waals surface area contributed by atoms with Crippen molar-refractivity contribution < 1.29 is 17.9 Å². The highest BCUT2D eigenvalue weighted by molar-refractivity contribution is 6.31. The largest absolute Gasteiger partial charge is 0.573 e. The first-order chi connectivity index (χ1) is 6.96. The number of halogens is 4. The van der Waals surface area contributed by atoms with Crippen LogP contribution in [0.1, 0.15) is 5.56 Å². The summed E-state index contributed by atoms with van der Waals surface area (Å²) in [4.78, 5) is 0. The summed E-state index contributed by atoms with van der Waals surface area (Å²) < 4.78 is 40.0. The monoisotopic (exact) mass is 237 g/mol. The first kappa shape index (κ1) is 10.4. The van der Waals surface area contributed by atoms with Gasteiger partial charge in [-0.15, -0.1) is 13.2 Å². The summed E-state index contributed by atoms with van der Waals surface area (Å²) in [6.45, 7) is 0.601. The Balaban J connectivity index is 2.39. The summed E-state index contributed by atoms with van der Waals surface area (Å²) in [5.41, 5.74) is 1.14. The van der Waals surface area contributed by atoms with Crippen LogP contribution in [0.15, 0.2) is 12.1 Å². The summed E-state index contributed by atoms with van der Waals surface area (Å²) in [6, 6.07) is 2.80. The van der Waals surface area contributed by atoms with Gasteiger partial charge in [0.1, 0.15) is 0 Å². The molecule has 15 heavy (non-hydrogen) atoms. The fourth-order valence-corrected chi connectivity index (χ4v) is 1.79. The second kappa shape index (κ2) is 3.48. The van der Waals surface area contributed by atoms with E-state index < -0.39 is 6.36 Å². The Morgan fingerprint density at radius 3 is 2.73 bits per heavy atom. The molecule has 0 unspecified atom stereocenters. The maximum Gasteiger partial charge on any atom is 0.573 e. The van der Waals surface area contributed by atoms with Crippen LogP contribution in [-0.2, 0) is 6.42 Å². The number of anilines is 1. The molecular weight excluding hydrogens is 231 g/mol. The van der Waals surface area contributed by atoms with Crippen molar-refractivity contribution in [2.45, 2.75) is 12.8 Å². The molecule has 0 saturated heterocycles. The highest BCUT2D eigenvalue weighted by Gasteiger charge is 2.33. The molecule has 0 amide bonds. The highest BCUT2D eigenvalue weighted by Crippen LogP contribution is 2.38. The molecule has 1 aliphatic rings. The van der Waals surface area contributed by atoms with Crippen LogP contribution in [0.25, 0.3) is 0 Å². The summed E-state index contributed by atoms with van der Waals surface area (Å²) in [6.07, 6.45) is -4.03. The van der Waals surface area contributed by atoms with E-state index in [1.165, 1.54) is 0 Å². The average molecular weight is 238 g/mol. The van der Waals surface area contributed by atoms with Gasteiger partial charge in [-0.05, 0) is 18.1 Å². The molecule has 2 rings (SSSR count). The highest BCUT2D eigenvalue weighted by atomic mass is 35.5. The van der Waals surface area contributed by atoms with E-state index in [9.17, 15) is 13.2 Å². The van der Waals surface area contributed by atoms with E-state index in [0.29, 0.717) is 18.7 Å². The number of nitrogens with one attached hydrogen (secondary N) is 1. The fourth-order valence-electron chi connectivity index (χ4n) is 1.56. The number of ether oxygens (including phenoxy) is 1. The van der Waals surface area contributed by atoms with Crippen molar-refractivity contribution in [3.63, 3.8) is 0 Å². The van der Waals surface area contributed by atoms with Crippen molar-refractivity contribution in [2.75, 3.05) is 11.9 Å². The molecule has 0 aromatic heterocycles. The van der Waals surface area contributed by atoms with Gasteiger partial charge in [0.15, 0.2) is 5.75 Å². The van der Waals surface area contributed by atoms with E-state index in [2.05, 4.69) is 10.1 Å². The number of benzene rings is 1. The Hall–Kier alpha value is -1.10. The molecule has 0 bridgehead atoms. The molecule has 0 saturated carbocycles. The third-order valence-corrected chi connectivity index (χ3v) is 2.29. The molecular formula is C9H7ClF3NO. The van der Waals surface area contributed by atoms with E-state index in [-0.39, 0.29) is 10.8 Å². The van der Waals surface area contributed by atoms with Gasteiger partial charge >= 0.3 is 6.36 Å². The molecule has 1 aromatic rings. The van der Waals surface area contributed by atoms with Crippen molar-refractivity contribution in [3.8, 4) is 5.75 Å². The molecule has 0 aliphatic carbocycles. The Labute approximate surface area is 89.0 Å². The van der Waals surface area contributed by atoms with Crippen molar-refractivity contribution in [3.05, 3.63) is 22.7 Å². The van der Waals surface area contributed by atoms with E-state index in [1.54, 1.807) is 6.07 Å². The lowest BCUT2D eigenvalue weighted by Crippen LogP contribution is -2.17. The van der Waals surface area contributed by atoms with Crippen molar-refractivity contribution in [1.82, 2.24) is 0 Å². The first-order valence-electron chi connectivity index (χ1n) is 4.28. The zero-order valence-corrected chi connectivity index (χ0v) is 8.24. The lowest BCUT2D eigenvalue weighted by atomic mass is 10.1. The van der Waals surface area contributed by atoms with E-state index in [0.717, 1.165) is 11.6 Å². The number of alkyl halides is 3.